The largest absolute Gasteiger partial charge is 0.476 e. The van der Waals surface area contributed by atoms with Gasteiger partial charge in [0.15, 0.2) is 11.5 Å². The molecule has 0 atom stereocenters. The van der Waals surface area contributed by atoms with Crippen molar-refractivity contribution >= 4 is 5.97 Å². The number of aromatic carboxylic acids is 1. The highest BCUT2D eigenvalue weighted by Gasteiger charge is 2.09. The maximum atomic E-state index is 10.5. The second-order valence-corrected chi connectivity index (χ2v) is 3.63. The van der Waals surface area contributed by atoms with Crippen LogP contribution in [0.4, 0.5) is 0 Å². The maximum absolute atomic E-state index is 10.5. The zero-order valence-electron chi connectivity index (χ0n) is 9.94. The monoisotopic (exact) mass is 242 g/mol. The van der Waals surface area contributed by atoms with E-state index in [0.717, 1.165) is 32.6 Å². The first kappa shape index (κ1) is 13.7. The summed E-state index contributed by atoms with van der Waals surface area (Å²) in [5, 5.41) is 15.2. The number of carboxylic acids is 1. The molecule has 1 aromatic rings. The van der Waals surface area contributed by atoms with Crippen LogP contribution in [0.15, 0.2) is 10.6 Å². The van der Waals surface area contributed by atoms with Gasteiger partial charge in [-0.05, 0) is 19.4 Å². The number of nitrogens with one attached hydrogen (secondary N) is 1. The average Bonchev–Trinajstić information content (AvgIpc) is 2.77. The van der Waals surface area contributed by atoms with Crippen molar-refractivity contribution in [2.45, 2.75) is 26.3 Å². The molecule has 6 heteroatoms. The third kappa shape index (κ3) is 5.46. The Kier molecular flexibility index (Phi) is 6.27. The molecule has 0 saturated carbocycles. The first-order valence-electron chi connectivity index (χ1n) is 5.71. The predicted molar refractivity (Wildman–Crippen MR) is 60.9 cm³/mol. The third-order valence-corrected chi connectivity index (χ3v) is 2.07. The number of nitrogens with zero attached hydrogens (tertiary/aromatic N) is 1. The van der Waals surface area contributed by atoms with Crippen molar-refractivity contribution in [2.75, 3.05) is 19.8 Å². The van der Waals surface area contributed by atoms with Gasteiger partial charge in [-0.1, -0.05) is 12.1 Å². The van der Waals surface area contributed by atoms with Gasteiger partial charge < -0.3 is 19.7 Å². The normalized spacial score (nSPS) is 10.6. The minimum Gasteiger partial charge on any atom is -0.476 e. The van der Waals surface area contributed by atoms with E-state index in [1.54, 1.807) is 0 Å². The summed E-state index contributed by atoms with van der Waals surface area (Å²) in [4.78, 5) is 10.5. The standard InChI is InChI=1S/C11H18N2O4/c1-2-5-16-6-3-4-12-8-9-7-10(11(14)15)13-17-9/h7,12H,2-6,8H2,1H3,(H,14,15). The molecule has 0 unspecified atom stereocenters. The van der Waals surface area contributed by atoms with Crippen molar-refractivity contribution in [2.24, 2.45) is 0 Å². The second-order valence-electron chi connectivity index (χ2n) is 3.63. The van der Waals surface area contributed by atoms with Crippen LogP contribution in [0, 0.1) is 0 Å². The Labute approximate surface area is 99.9 Å². The van der Waals surface area contributed by atoms with Crippen molar-refractivity contribution in [3.8, 4) is 0 Å². The van der Waals surface area contributed by atoms with E-state index < -0.39 is 5.97 Å². The number of aromatic nitrogens is 1. The van der Waals surface area contributed by atoms with Gasteiger partial charge in [-0.25, -0.2) is 4.79 Å². The topological polar surface area (TPSA) is 84.6 Å². The van der Waals surface area contributed by atoms with Crippen LogP contribution in [-0.2, 0) is 11.3 Å². The minimum absolute atomic E-state index is 0.0620. The van der Waals surface area contributed by atoms with Crippen molar-refractivity contribution in [1.82, 2.24) is 10.5 Å². The van der Waals surface area contributed by atoms with E-state index in [1.165, 1.54) is 6.07 Å². The summed E-state index contributed by atoms with van der Waals surface area (Å²) in [6, 6.07) is 1.42. The van der Waals surface area contributed by atoms with Crippen molar-refractivity contribution in [1.29, 1.82) is 0 Å². The summed E-state index contributed by atoms with van der Waals surface area (Å²) < 4.78 is 10.2. The highest BCUT2D eigenvalue weighted by molar-refractivity contribution is 5.85. The summed E-state index contributed by atoms with van der Waals surface area (Å²) in [6.07, 6.45) is 1.95. The molecule has 0 radical (unpaired) electrons. The number of carboxylic acid groups (broad SMARTS) is 1. The number of ether oxygens (including phenoxy) is 1. The predicted octanol–water partition coefficient (Wildman–Crippen LogP) is 1.28. The smallest absolute Gasteiger partial charge is 0.358 e. The molecule has 0 aliphatic carbocycles. The van der Waals surface area contributed by atoms with Crippen LogP contribution in [0.5, 0.6) is 0 Å². The van der Waals surface area contributed by atoms with Crippen LogP contribution in [0.2, 0.25) is 0 Å². The fourth-order valence-corrected chi connectivity index (χ4v) is 1.25. The average molecular weight is 242 g/mol. The summed E-state index contributed by atoms with van der Waals surface area (Å²) >= 11 is 0. The summed E-state index contributed by atoms with van der Waals surface area (Å²) in [7, 11) is 0. The Morgan fingerprint density at radius 2 is 2.41 bits per heavy atom. The van der Waals surface area contributed by atoms with Crippen LogP contribution < -0.4 is 5.32 Å². The molecular weight excluding hydrogens is 224 g/mol. The molecule has 0 aromatic carbocycles. The molecule has 0 amide bonds. The van der Waals surface area contributed by atoms with Gasteiger partial charge in [-0.2, -0.15) is 0 Å². The summed E-state index contributed by atoms with van der Waals surface area (Å²) in [5.41, 5.74) is -0.0620. The van der Waals surface area contributed by atoms with E-state index in [-0.39, 0.29) is 5.69 Å². The van der Waals surface area contributed by atoms with Crippen molar-refractivity contribution in [3.63, 3.8) is 0 Å². The van der Waals surface area contributed by atoms with Gasteiger partial charge in [0, 0.05) is 19.3 Å². The fourth-order valence-electron chi connectivity index (χ4n) is 1.25. The van der Waals surface area contributed by atoms with Gasteiger partial charge in [0.05, 0.1) is 6.54 Å². The van der Waals surface area contributed by atoms with Crippen LogP contribution >= 0.6 is 0 Å². The maximum Gasteiger partial charge on any atom is 0.358 e. The van der Waals surface area contributed by atoms with Gasteiger partial charge in [0.1, 0.15) is 0 Å². The van der Waals surface area contributed by atoms with Gasteiger partial charge in [-0.3, -0.25) is 0 Å². The van der Waals surface area contributed by atoms with E-state index in [0.29, 0.717) is 12.3 Å². The minimum atomic E-state index is -1.08. The molecule has 6 nitrogen and oxygen atoms in total. The molecule has 1 heterocycles. The molecular formula is C11H18N2O4. The zero-order chi connectivity index (χ0) is 12.5. The van der Waals surface area contributed by atoms with Crippen molar-refractivity contribution in [3.05, 3.63) is 17.5 Å². The lowest BCUT2D eigenvalue weighted by Crippen LogP contribution is -2.16. The van der Waals surface area contributed by atoms with Gasteiger partial charge in [0.2, 0.25) is 0 Å². The summed E-state index contributed by atoms with van der Waals surface area (Å²) in [6.45, 7) is 4.88. The Morgan fingerprint density at radius 3 is 3.06 bits per heavy atom. The highest BCUT2D eigenvalue weighted by Crippen LogP contribution is 2.02. The fraction of sp³-hybridized carbons (Fsp3) is 0.636. The zero-order valence-corrected chi connectivity index (χ0v) is 9.94. The number of rotatable bonds is 9. The molecule has 0 aliphatic rings. The molecule has 0 aliphatic heterocycles. The Bertz CT molecular complexity index is 338. The Hall–Kier alpha value is -1.40. The molecule has 0 bridgehead atoms. The second kappa shape index (κ2) is 7.81. The SMILES string of the molecule is CCCOCCCNCc1cc(C(=O)O)no1. The highest BCUT2D eigenvalue weighted by atomic mass is 16.5. The van der Waals surface area contributed by atoms with Gasteiger partial charge in [-0.15, -0.1) is 0 Å². The molecule has 0 fully saturated rings. The first-order valence-corrected chi connectivity index (χ1v) is 5.71. The first-order chi connectivity index (χ1) is 8.24. The van der Waals surface area contributed by atoms with Crippen molar-refractivity contribution < 1.29 is 19.2 Å². The van der Waals surface area contributed by atoms with Gasteiger partial charge >= 0.3 is 5.97 Å². The quantitative estimate of drug-likeness (QED) is 0.634. The Morgan fingerprint density at radius 1 is 1.59 bits per heavy atom. The van der Waals surface area contributed by atoms with E-state index in [1.807, 2.05) is 0 Å². The molecule has 0 spiro atoms. The van der Waals surface area contributed by atoms with E-state index in [9.17, 15) is 4.79 Å². The van der Waals surface area contributed by atoms with Crippen LogP contribution in [0.3, 0.4) is 0 Å². The molecule has 2 N–H and O–H groups in total. The molecule has 17 heavy (non-hydrogen) atoms. The van der Waals surface area contributed by atoms with Crippen LogP contribution in [0.25, 0.3) is 0 Å². The lowest BCUT2D eigenvalue weighted by Gasteiger charge is -2.03. The lowest BCUT2D eigenvalue weighted by molar-refractivity contribution is 0.0685. The van der Waals surface area contributed by atoms with Crippen LogP contribution in [-0.4, -0.2) is 36.0 Å². The van der Waals surface area contributed by atoms with E-state index in [4.69, 9.17) is 14.4 Å². The Balaban J connectivity index is 2.07. The molecule has 96 valence electrons. The van der Waals surface area contributed by atoms with E-state index in [2.05, 4.69) is 17.4 Å². The van der Waals surface area contributed by atoms with E-state index >= 15 is 0 Å². The number of hydrogen-bond acceptors (Lipinski definition) is 5. The van der Waals surface area contributed by atoms with Gasteiger partial charge in [0.25, 0.3) is 0 Å². The number of hydrogen-bond donors (Lipinski definition) is 2. The number of carbonyl (C=O) groups is 1. The molecule has 1 rings (SSSR count). The summed E-state index contributed by atoms with van der Waals surface area (Å²) in [5.74, 6) is -0.551. The lowest BCUT2D eigenvalue weighted by atomic mass is 10.3. The van der Waals surface area contributed by atoms with Crippen LogP contribution in [0.1, 0.15) is 36.0 Å². The molecule has 0 saturated heterocycles. The third-order valence-electron chi connectivity index (χ3n) is 2.07. The molecule has 1 aromatic heterocycles.